The minimum absolute atomic E-state index is 0.422. The SMILES string of the molecule is c1nn(C2CNC2)cc1OC1CCCCC1. The monoisotopic (exact) mass is 221 g/mol. The van der Waals surface area contributed by atoms with Crippen molar-refractivity contribution in [1.29, 1.82) is 0 Å². The fourth-order valence-corrected chi connectivity index (χ4v) is 2.42. The summed E-state index contributed by atoms with van der Waals surface area (Å²) in [7, 11) is 0. The number of rotatable bonds is 3. The van der Waals surface area contributed by atoms with Crippen LogP contribution >= 0.6 is 0 Å². The van der Waals surface area contributed by atoms with Crippen LogP contribution in [0.2, 0.25) is 0 Å². The Morgan fingerprint density at radius 1 is 1.25 bits per heavy atom. The van der Waals surface area contributed by atoms with E-state index in [0.29, 0.717) is 12.1 Å². The van der Waals surface area contributed by atoms with Crippen molar-refractivity contribution in [3.63, 3.8) is 0 Å². The van der Waals surface area contributed by atoms with Crippen molar-refractivity contribution >= 4 is 0 Å². The summed E-state index contributed by atoms with van der Waals surface area (Å²) in [5, 5.41) is 7.60. The van der Waals surface area contributed by atoms with Crippen molar-refractivity contribution in [3.8, 4) is 5.75 Å². The van der Waals surface area contributed by atoms with Crippen molar-refractivity contribution in [3.05, 3.63) is 12.4 Å². The first kappa shape index (κ1) is 10.1. The summed E-state index contributed by atoms with van der Waals surface area (Å²) < 4.78 is 7.97. The summed E-state index contributed by atoms with van der Waals surface area (Å²) >= 11 is 0. The van der Waals surface area contributed by atoms with E-state index in [-0.39, 0.29) is 0 Å². The Morgan fingerprint density at radius 2 is 2.06 bits per heavy atom. The van der Waals surface area contributed by atoms with Crippen molar-refractivity contribution in [2.75, 3.05) is 13.1 Å². The van der Waals surface area contributed by atoms with Crippen LogP contribution in [-0.2, 0) is 0 Å². The van der Waals surface area contributed by atoms with E-state index in [4.69, 9.17) is 4.74 Å². The molecule has 0 spiro atoms. The molecule has 2 aliphatic rings. The number of aromatic nitrogens is 2. The summed E-state index contributed by atoms with van der Waals surface area (Å²) in [4.78, 5) is 0. The first-order valence-corrected chi connectivity index (χ1v) is 6.33. The number of ether oxygens (including phenoxy) is 1. The third-order valence-corrected chi connectivity index (χ3v) is 3.57. The van der Waals surface area contributed by atoms with Crippen LogP contribution in [0.25, 0.3) is 0 Å². The molecule has 3 rings (SSSR count). The van der Waals surface area contributed by atoms with Crippen LogP contribution in [-0.4, -0.2) is 29.0 Å². The predicted octanol–water partition coefficient (Wildman–Crippen LogP) is 1.74. The third kappa shape index (κ3) is 2.07. The number of hydrogen-bond donors (Lipinski definition) is 1. The summed E-state index contributed by atoms with van der Waals surface area (Å²) in [6, 6.07) is 0.531. The maximum atomic E-state index is 5.95. The molecular weight excluding hydrogens is 202 g/mol. The normalized spacial score (nSPS) is 23.0. The van der Waals surface area contributed by atoms with Crippen molar-refractivity contribution in [1.82, 2.24) is 15.1 Å². The van der Waals surface area contributed by atoms with Crippen LogP contribution in [0.1, 0.15) is 38.1 Å². The second-order valence-corrected chi connectivity index (χ2v) is 4.85. The van der Waals surface area contributed by atoms with Gasteiger partial charge < -0.3 is 10.1 Å². The van der Waals surface area contributed by atoms with Crippen LogP contribution < -0.4 is 10.1 Å². The zero-order chi connectivity index (χ0) is 10.8. The molecule has 1 aliphatic heterocycles. The Balaban J connectivity index is 1.58. The standard InChI is InChI=1S/C12H19N3O/c1-2-4-11(5-3-1)16-12-8-14-15(9-12)10-6-13-7-10/h8-11,13H,1-7H2. The van der Waals surface area contributed by atoms with Gasteiger partial charge in [0.25, 0.3) is 0 Å². The molecule has 2 heterocycles. The van der Waals surface area contributed by atoms with Crippen LogP contribution in [0.15, 0.2) is 12.4 Å². The van der Waals surface area contributed by atoms with Gasteiger partial charge in [-0.15, -0.1) is 0 Å². The molecule has 0 unspecified atom stereocenters. The molecule has 4 nitrogen and oxygen atoms in total. The van der Waals surface area contributed by atoms with Crippen molar-refractivity contribution < 1.29 is 4.74 Å². The van der Waals surface area contributed by atoms with E-state index in [0.717, 1.165) is 18.8 Å². The van der Waals surface area contributed by atoms with Crippen LogP contribution in [0.4, 0.5) is 0 Å². The first-order chi connectivity index (χ1) is 7.92. The van der Waals surface area contributed by atoms with E-state index in [1.54, 1.807) is 0 Å². The average molecular weight is 221 g/mol. The van der Waals surface area contributed by atoms with E-state index in [1.807, 2.05) is 17.1 Å². The van der Waals surface area contributed by atoms with Gasteiger partial charge in [0.1, 0.15) is 0 Å². The molecule has 1 aromatic rings. The lowest BCUT2D eigenvalue weighted by Crippen LogP contribution is -2.43. The van der Waals surface area contributed by atoms with Gasteiger partial charge in [-0.25, -0.2) is 0 Å². The second kappa shape index (κ2) is 4.45. The Morgan fingerprint density at radius 3 is 2.75 bits per heavy atom. The third-order valence-electron chi connectivity index (χ3n) is 3.57. The topological polar surface area (TPSA) is 39.1 Å². The van der Waals surface area contributed by atoms with Gasteiger partial charge in [-0.1, -0.05) is 6.42 Å². The molecular formula is C12H19N3O. The molecule has 2 fully saturated rings. The number of nitrogens with zero attached hydrogens (tertiary/aromatic N) is 2. The van der Waals surface area contributed by atoms with Gasteiger partial charge in [-0.2, -0.15) is 5.10 Å². The highest BCUT2D eigenvalue weighted by Gasteiger charge is 2.20. The molecule has 16 heavy (non-hydrogen) atoms. The number of nitrogens with one attached hydrogen (secondary N) is 1. The van der Waals surface area contributed by atoms with E-state index in [1.165, 1.54) is 32.1 Å². The molecule has 1 aliphatic carbocycles. The van der Waals surface area contributed by atoms with Gasteiger partial charge in [0.15, 0.2) is 5.75 Å². The first-order valence-electron chi connectivity index (χ1n) is 6.33. The fraction of sp³-hybridized carbons (Fsp3) is 0.750. The van der Waals surface area contributed by atoms with Gasteiger partial charge in [0, 0.05) is 13.1 Å². The molecule has 1 aromatic heterocycles. The summed E-state index contributed by atoms with van der Waals surface area (Å²) in [5.74, 6) is 0.943. The van der Waals surface area contributed by atoms with Gasteiger partial charge in [-0.3, -0.25) is 4.68 Å². The molecule has 88 valence electrons. The Hall–Kier alpha value is -1.03. The van der Waals surface area contributed by atoms with E-state index >= 15 is 0 Å². The maximum absolute atomic E-state index is 5.95. The second-order valence-electron chi connectivity index (χ2n) is 4.85. The molecule has 1 saturated heterocycles. The highest BCUT2D eigenvalue weighted by atomic mass is 16.5. The molecule has 0 bridgehead atoms. The van der Waals surface area contributed by atoms with Crippen LogP contribution in [0, 0.1) is 0 Å². The predicted molar refractivity (Wildman–Crippen MR) is 61.6 cm³/mol. The van der Waals surface area contributed by atoms with Gasteiger partial charge in [0.05, 0.1) is 24.5 Å². The Labute approximate surface area is 96.0 Å². The molecule has 4 heteroatoms. The van der Waals surface area contributed by atoms with Crippen LogP contribution in [0.5, 0.6) is 5.75 Å². The van der Waals surface area contributed by atoms with Crippen molar-refractivity contribution in [2.24, 2.45) is 0 Å². The smallest absolute Gasteiger partial charge is 0.157 e. The summed E-state index contributed by atoms with van der Waals surface area (Å²) in [5.41, 5.74) is 0. The minimum Gasteiger partial charge on any atom is -0.487 e. The van der Waals surface area contributed by atoms with Gasteiger partial charge >= 0.3 is 0 Å². The van der Waals surface area contributed by atoms with Crippen LogP contribution in [0.3, 0.4) is 0 Å². The fourth-order valence-electron chi connectivity index (χ4n) is 2.42. The Bertz CT molecular complexity index is 340. The molecule has 1 N–H and O–H groups in total. The maximum Gasteiger partial charge on any atom is 0.157 e. The van der Waals surface area contributed by atoms with E-state index in [9.17, 15) is 0 Å². The number of hydrogen-bond acceptors (Lipinski definition) is 3. The lowest BCUT2D eigenvalue weighted by atomic mass is 9.98. The van der Waals surface area contributed by atoms with E-state index < -0.39 is 0 Å². The highest BCUT2D eigenvalue weighted by molar-refractivity contribution is 5.13. The quantitative estimate of drug-likeness (QED) is 0.845. The Kier molecular flexibility index (Phi) is 2.82. The largest absolute Gasteiger partial charge is 0.487 e. The molecule has 0 amide bonds. The summed E-state index contributed by atoms with van der Waals surface area (Å²) in [6.07, 6.45) is 10.7. The minimum atomic E-state index is 0.422. The zero-order valence-electron chi connectivity index (χ0n) is 9.56. The lowest BCUT2D eigenvalue weighted by Gasteiger charge is -2.27. The van der Waals surface area contributed by atoms with Crippen molar-refractivity contribution in [2.45, 2.75) is 44.2 Å². The molecule has 0 radical (unpaired) electrons. The average Bonchev–Trinajstić information content (AvgIpc) is 2.65. The molecule has 1 saturated carbocycles. The zero-order valence-corrected chi connectivity index (χ0v) is 9.56. The molecule has 0 aromatic carbocycles. The lowest BCUT2D eigenvalue weighted by molar-refractivity contribution is 0.154. The van der Waals surface area contributed by atoms with Gasteiger partial charge in [0.2, 0.25) is 0 Å². The van der Waals surface area contributed by atoms with Gasteiger partial charge in [-0.05, 0) is 25.7 Å². The highest BCUT2D eigenvalue weighted by Crippen LogP contribution is 2.24. The van der Waals surface area contributed by atoms with E-state index in [2.05, 4.69) is 10.4 Å². The molecule has 0 atom stereocenters. The summed E-state index contributed by atoms with van der Waals surface area (Å²) in [6.45, 7) is 2.06.